The van der Waals surface area contributed by atoms with Gasteiger partial charge in [0.15, 0.2) is 17.6 Å². The van der Waals surface area contributed by atoms with E-state index in [2.05, 4.69) is 11.9 Å². The lowest BCUT2D eigenvalue weighted by Crippen LogP contribution is -2.35. The van der Waals surface area contributed by atoms with Gasteiger partial charge >= 0.3 is 5.97 Å². The highest BCUT2D eigenvalue weighted by Crippen LogP contribution is 2.40. The summed E-state index contributed by atoms with van der Waals surface area (Å²) in [6.45, 7) is 6.21. The van der Waals surface area contributed by atoms with Crippen LogP contribution in [0.2, 0.25) is 0 Å². The van der Waals surface area contributed by atoms with E-state index in [4.69, 9.17) is 18.9 Å². The summed E-state index contributed by atoms with van der Waals surface area (Å²) >= 11 is 0. The maximum absolute atomic E-state index is 11.9. The molecule has 1 amide bonds. The summed E-state index contributed by atoms with van der Waals surface area (Å²) in [5, 5.41) is 2.56. The Hall–Kier alpha value is -2.96. The van der Waals surface area contributed by atoms with Crippen LogP contribution in [0.15, 0.2) is 30.9 Å². The molecular formula is C18H21NO6. The van der Waals surface area contributed by atoms with E-state index in [0.29, 0.717) is 42.6 Å². The monoisotopic (exact) mass is 347 g/mol. The fourth-order valence-corrected chi connectivity index (χ4v) is 2.14. The number of rotatable bonds is 7. The largest absolute Gasteiger partial charge is 0.493 e. The second-order valence-corrected chi connectivity index (χ2v) is 5.19. The fourth-order valence-electron chi connectivity index (χ4n) is 2.14. The molecule has 0 aliphatic carbocycles. The Balaban J connectivity index is 2.02. The molecule has 25 heavy (non-hydrogen) atoms. The van der Waals surface area contributed by atoms with Gasteiger partial charge in [-0.15, -0.1) is 6.58 Å². The number of nitrogens with one attached hydrogen (secondary N) is 1. The molecule has 0 aromatic heterocycles. The summed E-state index contributed by atoms with van der Waals surface area (Å²) in [5.74, 6) is 0.594. The number of hydrogen-bond acceptors (Lipinski definition) is 6. The first-order chi connectivity index (χ1) is 12.0. The number of esters is 1. The van der Waals surface area contributed by atoms with Gasteiger partial charge in [0.2, 0.25) is 5.75 Å². The quantitative estimate of drug-likeness (QED) is 0.459. The third-order valence-corrected chi connectivity index (χ3v) is 3.34. The number of carbonyl (C=O) groups excluding carboxylic acids is 2. The second kappa shape index (κ2) is 8.77. The van der Waals surface area contributed by atoms with Crippen LogP contribution in [-0.4, -0.2) is 44.8 Å². The Kier molecular flexibility index (Phi) is 6.45. The number of carbonyl (C=O) groups is 2. The molecule has 0 saturated heterocycles. The predicted octanol–water partition coefficient (Wildman–Crippen LogP) is 1.71. The zero-order valence-electron chi connectivity index (χ0n) is 14.2. The zero-order valence-corrected chi connectivity index (χ0v) is 14.2. The number of fused-ring (bicyclic) bond motifs is 1. The second-order valence-electron chi connectivity index (χ2n) is 5.19. The predicted molar refractivity (Wildman–Crippen MR) is 91.8 cm³/mol. The minimum absolute atomic E-state index is 0.313. The van der Waals surface area contributed by atoms with Gasteiger partial charge in [0, 0.05) is 12.6 Å². The fraction of sp³-hybridized carbons (Fsp3) is 0.333. The van der Waals surface area contributed by atoms with E-state index in [1.165, 1.54) is 20.1 Å². The number of methoxy groups -OCH3 is 1. The third kappa shape index (κ3) is 5.00. The Labute approximate surface area is 146 Å². The van der Waals surface area contributed by atoms with Gasteiger partial charge in [-0.3, -0.25) is 4.79 Å². The molecule has 0 fully saturated rings. The van der Waals surface area contributed by atoms with Crippen LogP contribution in [0.5, 0.6) is 17.2 Å². The minimum atomic E-state index is -0.896. The van der Waals surface area contributed by atoms with Crippen LogP contribution in [0.1, 0.15) is 12.5 Å². The van der Waals surface area contributed by atoms with Gasteiger partial charge in [0.1, 0.15) is 13.2 Å². The highest BCUT2D eigenvalue weighted by atomic mass is 16.6. The van der Waals surface area contributed by atoms with Crippen molar-refractivity contribution in [1.29, 1.82) is 0 Å². The average Bonchev–Trinajstić information content (AvgIpc) is 2.63. The molecule has 1 aromatic carbocycles. The van der Waals surface area contributed by atoms with Gasteiger partial charge in [-0.2, -0.15) is 0 Å². The molecule has 1 aromatic rings. The van der Waals surface area contributed by atoms with E-state index >= 15 is 0 Å². The van der Waals surface area contributed by atoms with Crippen LogP contribution in [-0.2, 0) is 14.3 Å². The summed E-state index contributed by atoms with van der Waals surface area (Å²) < 4.78 is 21.4. The van der Waals surface area contributed by atoms with Gasteiger partial charge in [-0.05, 0) is 30.7 Å². The van der Waals surface area contributed by atoms with Crippen molar-refractivity contribution >= 4 is 18.0 Å². The highest BCUT2D eigenvalue weighted by molar-refractivity contribution is 5.90. The van der Waals surface area contributed by atoms with Gasteiger partial charge in [0.05, 0.1) is 7.11 Å². The van der Waals surface area contributed by atoms with Crippen molar-refractivity contribution in [2.45, 2.75) is 13.0 Å². The summed E-state index contributed by atoms with van der Waals surface area (Å²) in [6, 6.07) is 3.46. The van der Waals surface area contributed by atoms with E-state index in [-0.39, 0.29) is 5.91 Å². The maximum atomic E-state index is 11.9. The van der Waals surface area contributed by atoms with Crippen molar-refractivity contribution in [3.63, 3.8) is 0 Å². The van der Waals surface area contributed by atoms with Crippen molar-refractivity contribution in [3.05, 3.63) is 36.4 Å². The van der Waals surface area contributed by atoms with Crippen molar-refractivity contribution in [3.8, 4) is 17.2 Å². The molecule has 1 aliphatic rings. The summed E-state index contributed by atoms with van der Waals surface area (Å²) in [5.41, 5.74) is 0.682. The van der Waals surface area contributed by atoms with E-state index < -0.39 is 12.1 Å². The molecular weight excluding hydrogens is 326 g/mol. The lowest BCUT2D eigenvalue weighted by molar-refractivity contribution is -0.150. The zero-order chi connectivity index (χ0) is 18.2. The van der Waals surface area contributed by atoms with Crippen LogP contribution in [0.3, 0.4) is 0 Å². The molecule has 1 heterocycles. The lowest BCUT2D eigenvalue weighted by atomic mass is 10.1. The van der Waals surface area contributed by atoms with Crippen LogP contribution in [0, 0.1) is 0 Å². The van der Waals surface area contributed by atoms with Gasteiger partial charge in [-0.1, -0.05) is 6.08 Å². The smallest absolute Gasteiger partial charge is 0.331 e. The molecule has 0 spiro atoms. The van der Waals surface area contributed by atoms with Crippen LogP contribution in [0.25, 0.3) is 6.08 Å². The molecule has 134 valence electrons. The topological polar surface area (TPSA) is 83.1 Å². The molecule has 7 nitrogen and oxygen atoms in total. The van der Waals surface area contributed by atoms with Crippen LogP contribution < -0.4 is 19.5 Å². The SMILES string of the molecule is C=CCNC(=O)[C@@H](C)OC(=O)/C=C/c1cc(OC)c2c(c1)OCCO2. The van der Waals surface area contributed by atoms with E-state index in [9.17, 15) is 9.59 Å². The highest BCUT2D eigenvalue weighted by Gasteiger charge is 2.18. The van der Waals surface area contributed by atoms with Gasteiger partial charge in [-0.25, -0.2) is 4.79 Å². The standard InChI is InChI=1S/C18H21NO6/c1-4-7-19-18(21)12(2)25-16(20)6-5-13-10-14(22-3)17-15(11-13)23-8-9-24-17/h4-6,10-12H,1,7-9H2,2-3H3,(H,19,21)/b6-5+/t12-/m1/s1. The Morgan fingerprint density at radius 1 is 1.36 bits per heavy atom. The molecule has 7 heteroatoms. The number of amides is 1. The van der Waals surface area contributed by atoms with E-state index in [1.54, 1.807) is 24.3 Å². The van der Waals surface area contributed by atoms with E-state index in [0.717, 1.165) is 0 Å². The van der Waals surface area contributed by atoms with Crippen LogP contribution in [0.4, 0.5) is 0 Å². The molecule has 1 aliphatic heterocycles. The van der Waals surface area contributed by atoms with E-state index in [1.807, 2.05) is 0 Å². The first-order valence-corrected chi connectivity index (χ1v) is 7.80. The third-order valence-electron chi connectivity index (χ3n) is 3.34. The first-order valence-electron chi connectivity index (χ1n) is 7.80. The average molecular weight is 347 g/mol. The normalized spacial score (nSPS) is 13.8. The molecule has 0 unspecified atom stereocenters. The summed E-state index contributed by atoms with van der Waals surface area (Å²) in [4.78, 5) is 23.5. The van der Waals surface area contributed by atoms with Crippen LogP contribution >= 0.6 is 0 Å². The lowest BCUT2D eigenvalue weighted by Gasteiger charge is -2.20. The number of hydrogen-bond donors (Lipinski definition) is 1. The van der Waals surface area contributed by atoms with Gasteiger partial charge in [0.25, 0.3) is 5.91 Å². The number of benzene rings is 1. The summed E-state index contributed by atoms with van der Waals surface area (Å²) in [6.07, 6.45) is 3.44. The number of ether oxygens (including phenoxy) is 4. The van der Waals surface area contributed by atoms with Crippen molar-refractivity contribution < 1.29 is 28.5 Å². The van der Waals surface area contributed by atoms with Gasteiger partial charge < -0.3 is 24.3 Å². The molecule has 1 atom stereocenters. The summed E-state index contributed by atoms with van der Waals surface area (Å²) in [7, 11) is 1.53. The van der Waals surface area contributed by atoms with Crippen molar-refractivity contribution in [2.75, 3.05) is 26.9 Å². The minimum Gasteiger partial charge on any atom is -0.493 e. The molecule has 0 bridgehead atoms. The molecule has 1 N–H and O–H groups in total. The maximum Gasteiger partial charge on any atom is 0.331 e. The Bertz CT molecular complexity index is 665. The van der Waals surface area contributed by atoms with Crippen molar-refractivity contribution in [1.82, 2.24) is 5.32 Å². The molecule has 0 radical (unpaired) electrons. The first kappa shape index (κ1) is 18.4. The Morgan fingerprint density at radius 3 is 2.84 bits per heavy atom. The molecule has 2 rings (SSSR count). The Morgan fingerprint density at radius 2 is 2.12 bits per heavy atom. The molecule has 0 saturated carbocycles. The van der Waals surface area contributed by atoms with Crippen molar-refractivity contribution in [2.24, 2.45) is 0 Å².